The Morgan fingerprint density at radius 1 is 0.412 bits per heavy atom. The molecule has 0 spiro atoms. The van der Waals surface area contributed by atoms with Crippen molar-refractivity contribution in [2.75, 3.05) is 4.90 Å². The number of rotatable bonds is 7. The first-order chi connectivity index (χ1) is 25.1. The van der Waals surface area contributed by atoms with Gasteiger partial charge in [-0.3, -0.25) is 0 Å². The van der Waals surface area contributed by atoms with Crippen LogP contribution >= 0.6 is 0 Å². The van der Waals surface area contributed by atoms with E-state index in [9.17, 15) is 0 Å². The molecule has 0 aliphatic carbocycles. The number of hydrogen-bond donors (Lipinski definition) is 0. The topological polar surface area (TPSA) is 16.4 Å². The Labute approximate surface area is 298 Å². The lowest BCUT2D eigenvalue weighted by Crippen LogP contribution is -2.10. The highest BCUT2D eigenvalue weighted by atomic mass is 16.3. The molecule has 1 aromatic heterocycles. The summed E-state index contributed by atoms with van der Waals surface area (Å²) in [5, 5.41) is 4.58. The van der Waals surface area contributed by atoms with E-state index in [1.54, 1.807) is 0 Å². The van der Waals surface area contributed by atoms with Crippen molar-refractivity contribution in [3.63, 3.8) is 0 Å². The molecule has 0 atom stereocenters. The second kappa shape index (κ2) is 12.8. The van der Waals surface area contributed by atoms with Crippen LogP contribution in [0.1, 0.15) is 25.3 Å². The van der Waals surface area contributed by atoms with Crippen LogP contribution in [0.25, 0.3) is 66.1 Å². The van der Waals surface area contributed by atoms with Gasteiger partial charge >= 0.3 is 0 Å². The van der Waals surface area contributed by atoms with Crippen molar-refractivity contribution < 1.29 is 4.42 Å². The van der Waals surface area contributed by atoms with E-state index in [1.165, 1.54) is 44.3 Å². The minimum Gasteiger partial charge on any atom is -0.455 e. The predicted octanol–water partition coefficient (Wildman–Crippen LogP) is 14.3. The highest BCUT2D eigenvalue weighted by molar-refractivity contribution is 6.20. The maximum Gasteiger partial charge on any atom is 0.143 e. The number of anilines is 3. The molecule has 2 heteroatoms. The molecule has 244 valence electrons. The smallest absolute Gasteiger partial charge is 0.143 e. The largest absolute Gasteiger partial charge is 0.455 e. The Hall–Kier alpha value is -6.38. The van der Waals surface area contributed by atoms with Crippen molar-refractivity contribution in [2.45, 2.75) is 19.8 Å². The molecule has 0 saturated heterocycles. The molecule has 0 radical (unpaired) electrons. The minimum atomic E-state index is 0.359. The average Bonchev–Trinajstić information content (AvgIpc) is 3.58. The van der Waals surface area contributed by atoms with E-state index >= 15 is 0 Å². The van der Waals surface area contributed by atoms with Gasteiger partial charge in [0, 0.05) is 32.9 Å². The predicted molar refractivity (Wildman–Crippen MR) is 216 cm³/mol. The SMILES string of the molecule is CC(C)c1cccc2oc3c4ccccc4c(N(c4ccc(-c5ccc(-c6ccccc6)cc5)cc4)c4cccc(-c5ccccc5)c4)cc3c12. The fraction of sp³-hybridized carbons (Fsp3) is 0.0612. The Morgan fingerprint density at radius 2 is 0.941 bits per heavy atom. The van der Waals surface area contributed by atoms with Crippen molar-refractivity contribution in [3.8, 4) is 33.4 Å². The summed E-state index contributed by atoms with van der Waals surface area (Å²) >= 11 is 0. The second-order valence-electron chi connectivity index (χ2n) is 13.5. The Balaban J connectivity index is 1.23. The van der Waals surface area contributed by atoms with Crippen LogP contribution in [-0.2, 0) is 0 Å². The van der Waals surface area contributed by atoms with Crippen molar-refractivity contribution in [3.05, 3.63) is 188 Å². The second-order valence-corrected chi connectivity index (χ2v) is 13.5. The lowest BCUT2D eigenvalue weighted by atomic mass is 9.95. The van der Waals surface area contributed by atoms with E-state index in [1.807, 2.05) is 0 Å². The van der Waals surface area contributed by atoms with E-state index in [0.717, 1.165) is 44.4 Å². The monoisotopic (exact) mass is 655 g/mol. The third kappa shape index (κ3) is 5.56. The molecule has 0 aliphatic heterocycles. The van der Waals surface area contributed by atoms with E-state index in [0.29, 0.717) is 5.92 Å². The van der Waals surface area contributed by atoms with Gasteiger partial charge in [0.2, 0.25) is 0 Å². The number of nitrogens with zero attached hydrogens (tertiary/aromatic N) is 1. The van der Waals surface area contributed by atoms with Gasteiger partial charge in [0.25, 0.3) is 0 Å². The van der Waals surface area contributed by atoms with Gasteiger partial charge in [-0.15, -0.1) is 0 Å². The number of furan rings is 1. The molecule has 0 fully saturated rings. The van der Waals surface area contributed by atoms with Crippen LogP contribution in [0.3, 0.4) is 0 Å². The summed E-state index contributed by atoms with van der Waals surface area (Å²) in [5.41, 5.74) is 13.6. The van der Waals surface area contributed by atoms with Gasteiger partial charge in [0.1, 0.15) is 11.2 Å². The van der Waals surface area contributed by atoms with Gasteiger partial charge in [-0.2, -0.15) is 0 Å². The fourth-order valence-electron chi connectivity index (χ4n) is 7.49. The average molecular weight is 656 g/mol. The van der Waals surface area contributed by atoms with Crippen LogP contribution < -0.4 is 4.90 Å². The summed E-state index contributed by atoms with van der Waals surface area (Å²) in [6.45, 7) is 4.52. The van der Waals surface area contributed by atoms with Crippen LogP contribution in [0.15, 0.2) is 186 Å². The third-order valence-corrected chi connectivity index (χ3v) is 10.0. The molecule has 0 saturated carbocycles. The third-order valence-electron chi connectivity index (χ3n) is 10.0. The molecular formula is C49H37NO. The van der Waals surface area contributed by atoms with Gasteiger partial charge in [-0.25, -0.2) is 0 Å². The van der Waals surface area contributed by atoms with Gasteiger partial charge in [0.15, 0.2) is 0 Å². The molecular weight excluding hydrogens is 619 g/mol. The Kier molecular flexibility index (Phi) is 7.71. The van der Waals surface area contributed by atoms with Crippen LogP contribution in [0.2, 0.25) is 0 Å². The number of benzene rings is 8. The van der Waals surface area contributed by atoms with Crippen LogP contribution in [0.4, 0.5) is 17.1 Å². The van der Waals surface area contributed by atoms with Crippen molar-refractivity contribution in [1.82, 2.24) is 0 Å². The van der Waals surface area contributed by atoms with E-state index in [2.05, 4.69) is 201 Å². The molecule has 51 heavy (non-hydrogen) atoms. The first-order valence-corrected chi connectivity index (χ1v) is 17.7. The highest BCUT2D eigenvalue weighted by Gasteiger charge is 2.22. The van der Waals surface area contributed by atoms with Crippen LogP contribution in [0, 0.1) is 0 Å². The van der Waals surface area contributed by atoms with Crippen LogP contribution in [-0.4, -0.2) is 0 Å². The zero-order valence-electron chi connectivity index (χ0n) is 28.8. The summed E-state index contributed by atoms with van der Waals surface area (Å²) < 4.78 is 6.66. The molecule has 0 aliphatic rings. The first-order valence-electron chi connectivity index (χ1n) is 17.7. The molecule has 0 amide bonds. The lowest BCUT2D eigenvalue weighted by molar-refractivity contribution is 0.672. The quantitative estimate of drug-likeness (QED) is 0.170. The van der Waals surface area contributed by atoms with Gasteiger partial charge < -0.3 is 9.32 Å². The summed E-state index contributed by atoms with van der Waals surface area (Å²) in [5.74, 6) is 0.359. The van der Waals surface area contributed by atoms with Gasteiger partial charge in [0.05, 0.1) is 5.69 Å². The van der Waals surface area contributed by atoms with Crippen molar-refractivity contribution >= 4 is 49.8 Å². The fourth-order valence-corrected chi connectivity index (χ4v) is 7.49. The standard InChI is InChI=1S/C49H37NO/c1-33(2)42-21-12-22-47-48(42)45-32-46(43-19-9-10-20-44(43)49(45)51-47)50(41-18-11-17-39(31-41)35-15-7-4-8-16-35)40-29-27-38(28-30-40)37-25-23-36(24-26-37)34-13-5-3-6-14-34/h3-33H,1-2H3. The first kappa shape index (κ1) is 30.7. The zero-order chi connectivity index (χ0) is 34.3. The molecule has 2 nitrogen and oxygen atoms in total. The van der Waals surface area contributed by atoms with Gasteiger partial charge in [-0.05, 0) is 81.3 Å². The summed E-state index contributed by atoms with van der Waals surface area (Å²) in [4.78, 5) is 2.41. The Bertz CT molecular complexity index is 2630. The molecule has 0 N–H and O–H groups in total. The Morgan fingerprint density at radius 3 is 1.59 bits per heavy atom. The van der Waals surface area contributed by atoms with Gasteiger partial charge in [-0.1, -0.05) is 159 Å². The number of hydrogen-bond acceptors (Lipinski definition) is 2. The number of fused-ring (bicyclic) bond motifs is 5. The lowest BCUT2D eigenvalue weighted by Gasteiger charge is -2.28. The highest BCUT2D eigenvalue weighted by Crippen LogP contribution is 2.46. The van der Waals surface area contributed by atoms with E-state index < -0.39 is 0 Å². The molecule has 0 unspecified atom stereocenters. The maximum absolute atomic E-state index is 6.66. The molecule has 9 rings (SSSR count). The molecule has 8 aromatic carbocycles. The normalized spacial score (nSPS) is 11.5. The van der Waals surface area contributed by atoms with Crippen LogP contribution in [0.5, 0.6) is 0 Å². The summed E-state index contributed by atoms with van der Waals surface area (Å²) in [6, 6.07) is 65.3. The molecule has 9 aromatic rings. The maximum atomic E-state index is 6.66. The summed E-state index contributed by atoms with van der Waals surface area (Å²) in [7, 11) is 0. The molecule has 0 bridgehead atoms. The van der Waals surface area contributed by atoms with Crippen molar-refractivity contribution in [1.29, 1.82) is 0 Å². The van der Waals surface area contributed by atoms with E-state index in [-0.39, 0.29) is 0 Å². The molecule has 1 heterocycles. The summed E-state index contributed by atoms with van der Waals surface area (Å²) in [6.07, 6.45) is 0. The van der Waals surface area contributed by atoms with Crippen molar-refractivity contribution in [2.24, 2.45) is 0 Å². The van der Waals surface area contributed by atoms with E-state index in [4.69, 9.17) is 4.42 Å². The minimum absolute atomic E-state index is 0.359. The zero-order valence-corrected chi connectivity index (χ0v) is 28.8.